The highest BCUT2D eigenvalue weighted by Crippen LogP contribution is 2.38. The molecular weight excluding hydrogens is 400 g/mol. The topological polar surface area (TPSA) is 9.23 Å². The number of ether oxygens (including phenoxy) is 1. The smallest absolute Gasteiger partial charge is 0.119 e. The van der Waals surface area contributed by atoms with Gasteiger partial charge in [0.1, 0.15) is 5.75 Å². The molecule has 0 unspecified atom stereocenters. The highest BCUT2D eigenvalue weighted by atomic mass is 16.5. The third kappa shape index (κ3) is 10.00. The van der Waals surface area contributed by atoms with Crippen molar-refractivity contribution < 1.29 is 4.74 Å². The summed E-state index contributed by atoms with van der Waals surface area (Å²) in [4.78, 5) is 0. The molecule has 0 radical (unpaired) electrons. The summed E-state index contributed by atoms with van der Waals surface area (Å²) in [5.74, 6) is 11.2. The first-order valence-electron chi connectivity index (χ1n) is 14.2. The maximum atomic E-state index is 5.63. The average molecular weight is 449 g/mol. The van der Waals surface area contributed by atoms with Crippen LogP contribution in [0, 0.1) is 35.5 Å². The van der Waals surface area contributed by atoms with Crippen molar-refractivity contribution in [1.29, 1.82) is 0 Å². The maximum Gasteiger partial charge on any atom is 0.119 e. The molecule has 0 atom stereocenters. The molecule has 2 aliphatic carbocycles. The van der Waals surface area contributed by atoms with Gasteiger partial charge in [-0.1, -0.05) is 96.0 Å². The fourth-order valence-corrected chi connectivity index (χ4v) is 5.80. The molecule has 2 fully saturated rings. The molecule has 0 aliphatic heterocycles. The van der Waals surface area contributed by atoms with Gasteiger partial charge in [-0.3, -0.25) is 0 Å². The normalized spacial score (nSPS) is 25.5. The molecular formula is C32H48O. The molecule has 2 aliphatic rings. The lowest BCUT2D eigenvalue weighted by Gasteiger charge is -2.31. The van der Waals surface area contributed by atoms with Crippen molar-refractivity contribution in [3.8, 4) is 17.6 Å². The predicted molar refractivity (Wildman–Crippen MR) is 143 cm³/mol. The molecule has 0 saturated heterocycles. The Balaban J connectivity index is 1.28. The molecule has 0 N–H and O–H groups in total. The first-order valence-corrected chi connectivity index (χ1v) is 14.2. The highest BCUT2D eigenvalue weighted by Gasteiger charge is 2.24. The molecule has 0 aromatic heterocycles. The third-order valence-corrected chi connectivity index (χ3v) is 8.05. The van der Waals surface area contributed by atoms with E-state index in [1.807, 2.05) is 12.1 Å². The van der Waals surface area contributed by atoms with Crippen LogP contribution in [-0.2, 0) is 0 Å². The molecule has 1 heteroatoms. The Hall–Kier alpha value is -1.68. The molecule has 0 bridgehead atoms. The van der Waals surface area contributed by atoms with E-state index in [4.69, 9.17) is 4.74 Å². The molecule has 0 heterocycles. The zero-order valence-corrected chi connectivity index (χ0v) is 21.5. The van der Waals surface area contributed by atoms with E-state index in [1.165, 1.54) is 89.9 Å². The van der Waals surface area contributed by atoms with E-state index in [-0.39, 0.29) is 0 Å². The van der Waals surface area contributed by atoms with E-state index in [9.17, 15) is 0 Å². The quantitative estimate of drug-likeness (QED) is 0.242. The Bertz CT molecular complexity index is 718. The van der Waals surface area contributed by atoms with Crippen LogP contribution in [0.15, 0.2) is 36.4 Å². The fraction of sp³-hybridized carbons (Fsp3) is 0.688. The first-order chi connectivity index (χ1) is 16.3. The second-order valence-electron chi connectivity index (χ2n) is 10.7. The number of unbranched alkanes of at least 4 members (excludes halogenated alkanes) is 2. The lowest BCUT2D eigenvalue weighted by atomic mass is 9.75. The third-order valence-electron chi connectivity index (χ3n) is 8.05. The van der Waals surface area contributed by atoms with Crippen molar-refractivity contribution in [1.82, 2.24) is 0 Å². The summed E-state index contributed by atoms with van der Waals surface area (Å²) >= 11 is 0. The number of hydrogen-bond acceptors (Lipinski definition) is 1. The molecule has 182 valence electrons. The molecule has 33 heavy (non-hydrogen) atoms. The van der Waals surface area contributed by atoms with Crippen molar-refractivity contribution in [3.63, 3.8) is 0 Å². The van der Waals surface area contributed by atoms with Gasteiger partial charge in [0.05, 0.1) is 6.61 Å². The summed E-state index contributed by atoms with van der Waals surface area (Å²) in [6.45, 7) is 5.22. The Morgan fingerprint density at radius 2 is 1.36 bits per heavy atom. The lowest BCUT2D eigenvalue weighted by molar-refractivity contribution is 0.219. The van der Waals surface area contributed by atoms with E-state index in [0.29, 0.717) is 0 Å². The van der Waals surface area contributed by atoms with Crippen molar-refractivity contribution in [2.24, 2.45) is 23.7 Å². The van der Waals surface area contributed by atoms with Crippen LogP contribution in [0.25, 0.3) is 0 Å². The first kappa shape index (κ1) is 25.9. The van der Waals surface area contributed by atoms with Crippen LogP contribution in [-0.4, -0.2) is 6.61 Å². The number of allylic oxidation sites excluding steroid dienone is 2. The van der Waals surface area contributed by atoms with Crippen LogP contribution in [0.5, 0.6) is 5.75 Å². The van der Waals surface area contributed by atoms with Gasteiger partial charge < -0.3 is 4.74 Å². The van der Waals surface area contributed by atoms with Gasteiger partial charge in [0, 0.05) is 5.56 Å². The second kappa shape index (κ2) is 15.3. The maximum absolute atomic E-state index is 5.63. The summed E-state index contributed by atoms with van der Waals surface area (Å²) in [5, 5.41) is 0. The Morgan fingerprint density at radius 3 is 1.97 bits per heavy atom. The van der Waals surface area contributed by atoms with Crippen LogP contribution < -0.4 is 4.74 Å². The van der Waals surface area contributed by atoms with Gasteiger partial charge in [-0.25, -0.2) is 0 Å². The van der Waals surface area contributed by atoms with Crippen molar-refractivity contribution in [2.45, 2.75) is 110 Å². The van der Waals surface area contributed by atoms with Crippen LogP contribution in [0.2, 0.25) is 0 Å². The monoisotopic (exact) mass is 448 g/mol. The van der Waals surface area contributed by atoms with Gasteiger partial charge in [0.2, 0.25) is 0 Å². The van der Waals surface area contributed by atoms with Crippen LogP contribution >= 0.6 is 0 Å². The van der Waals surface area contributed by atoms with E-state index in [2.05, 4.69) is 50.0 Å². The van der Waals surface area contributed by atoms with Gasteiger partial charge >= 0.3 is 0 Å². The van der Waals surface area contributed by atoms with Crippen LogP contribution in [0.4, 0.5) is 0 Å². The summed E-state index contributed by atoms with van der Waals surface area (Å²) in [6.07, 6.45) is 25.9. The highest BCUT2D eigenvalue weighted by molar-refractivity contribution is 5.40. The molecule has 2 saturated carbocycles. The molecule has 1 nitrogen and oxygen atoms in total. The van der Waals surface area contributed by atoms with Gasteiger partial charge in [-0.15, -0.1) is 0 Å². The van der Waals surface area contributed by atoms with Crippen LogP contribution in [0.3, 0.4) is 0 Å². The van der Waals surface area contributed by atoms with Crippen LogP contribution in [0.1, 0.15) is 116 Å². The minimum Gasteiger partial charge on any atom is -0.494 e. The largest absolute Gasteiger partial charge is 0.494 e. The zero-order chi connectivity index (χ0) is 23.1. The Labute approximate surface area is 204 Å². The van der Waals surface area contributed by atoms with E-state index in [0.717, 1.165) is 48.0 Å². The minimum atomic E-state index is 0.735. The summed E-state index contributed by atoms with van der Waals surface area (Å²) in [7, 11) is 0. The van der Waals surface area contributed by atoms with Gasteiger partial charge in [-0.05, 0) is 86.1 Å². The zero-order valence-electron chi connectivity index (χ0n) is 21.5. The fourth-order valence-electron chi connectivity index (χ4n) is 5.80. The summed E-state index contributed by atoms with van der Waals surface area (Å²) in [5.41, 5.74) is 1.06. The average Bonchev–Trinajstić information content (AvgIpc) is 2.86. The van der Waals surface area contributed by atoms with Crippen molar-refractivity contribution in [2.75, 3.05) is 6.61 Å². The van der Waals surface area contributed by atoms with Crippen molar-refractivity contribution >= 4 is 0 Å². The van der Waals surface area contributed by atoms with E-state index >= 15 is 0 Å². The predicted octanol–water partition coefficient (Wildman–Crippen LogP) is 9.36. The lowest BCUT2D eigenvalue weighted by Crippen LogP contribution is -2.17. The van der Waals surface area contributed by atoms with Gasteiger partial charge in [-0.2, -0.15) is 0 Å². The number of hydrogen-bond donors (Lipinski definition) is 0. The van der Waals surface area contributed by atoms with Crippen molar-refractivity contribution in [3.05, 3.63) is 42.0 Å². The molecule has 1 aromatic carbocycles. The molecule has 3 rings (SSSR count). The van der Waals surface area contributed by atoms with E-state index in [1.54, 1.807) is 0 Å². The minimum absolute atomic E-state index is 0.735. The SMILES string of the molecule is CCCCCC1CCC(CCC2CCC(C=CC#Cc3ccc(OCCC)cc3)CC2)CC1. The summed E-state index contributed by atoms with van der Waals surface area (Å²) < 4.78 is 5.63. The Morgan fingerprint density at radius 1 is 0.758 bits per heavy atom. The Kier molecular flexibility index (Phi) is 12.0. The molecule has 0 amide bonds. The number of benzene rings is 1. The number of rotatable bonds is 11. The molecule has 1 aromatic rings. The summed E-state index contributed by atoms with van der Waals surface area (Å²) in [6, 6.07) is 8.14. The van der Waals surface area contributed by atoms with Gasteiger partial charge in [0.15, 0.2) is 0 Å². The van der Waals surface area contributed by atoms with Gasteiger partial charge in [0.25, 0.3) is 0 Å². The second-order valence-corrected chi connectivity index (χ2v) is 10.7. The molecule has 0 spiro atoms. The standard InChI is InChI=1S/C32H48O/c1-3-5-6-9-27-12-16-30(17-13-27)20-21-31-18-14-28(15-19-31)10-7-8-11-29-22-24-32(25-23-29)33-26-4-2/h7,10,22-25,27-28,30-31H,3-6,9,12-21,26H2,1-2H3. The van der Waals surface area contributed by atoms with E-state index < -0.39 is 0 Å².